The van der Waals surface area contributed by atoms with Crippen LogP contribution in [-0.4, -0.2) is 45.2 Å². The second-order valence-corrected chi connectivity index (χ2v) is 6.09. The average molecular weight is 349 g/mol. The minimum Gasteiger partial charge on any atom is -0.479 e. The van der Waals surface area contributed by atoms with E-state index in [0.29, 0.717) is 5.56 Å². The molecule has 0 fully saturated rings. The molecule has 8 nitrogen and oxygen atoms in total. The number of nitrogens with one attached hydrogen (secondary N) is 1. The van der Waals surface area contributed by atoms with Crippen LogP contribution in [0.15, 0.2) is 46.8 Å². The third-order valence-corrected chi connectivity index (χ3v) is 4.29. The molecule has 0 aromatic heterocycles. The van der Waals surface area contributed by atoms with Crippen LogP contribution in [0.25, 0.3) is 0 Å². The van der Waals surface area contributed by atoms with Gasteiger partial charge in [-0.2, -0.15) is 0 Å². The molecule has 0 saturated heterocycles. The van der Waals surface area contributed by atoms with E-state index >= 15 is 0 Å². The van der Waals surface area contributed by atoms with E-state index in [4.69, 9.17) is 10.8 Å². The summed E-state index contributed by atoms with van der Waals surface area (Å²) in [6.45, 7) is 3.55. The minimum absolute atomic E-state index is 0.0477. The van der Waals surface area contributed by atoms with E-state index in [9.17, 15) is 19.5 Å². The lowest BCUT2D eigenvalue weighted by Gasteiger charge is -2.17. The number of carboxylic acid groups (broad SMARTS) is 2. The third-order valence-electron chi connectivity index (χ3n) is 3.25. The minimum atomic E-state index is -1.49. The van der Waals surface area contributed by atoms with Crippen LogP contribution >= 0.6 is 11.8 Å². The van der Waals surface area contributed by atoms with Crippen molar-refractivity contribution in [3.05, 3.63) is 47.4 Å². The average Bonchev–Trinajstić information content (AvgIpc) is 2.93. The number of hydrogen-bond donors (Lipinski definition) is 4. The number of aliphatic carboxylic acids is 2. The number of thioether (sulfide) groups is 1. The maximum absolute atomic E-state index is 12.2. The Hall–Kier alpha value is -2.65. The van der Waals surface area contributed by atoms with Gasteiger partial charge in [-0.25, -0.2) is 9.59 Å². The molecule has 2 rings (SSSR count). The normalized spacial score (nSPS) is 19.3. The first-order chi connectivity index (χ1) is 11.3. The zero-order chi connectivity index (χ0) is 17.9. The van der Waals surface area contributed by atoms with E-state index in [2.05, 4.69) is 16.9 Å². The van der Waals surface area contributed by atoms with Crippen LogP contribution in [0.2, 0.25) is 0 Å². The highest BCUT2D eigenvalue weighted by molar-refractivity contribution is 8.17. The van der Waals surface area contributed by atoms with Gasteiger partial charge in [-0.15, -0.1) is 0 Å². The summed E-state index contributed by atoms with van der Waals surface area (Å²) in [6, 6.07) is 4.68. The maximum Gasteiger partial charge on any atom is 0.333 e. The molecule has 126 valence electrons. The van der Waals surface area contributed by atoms with Crippen molar-refractivity contribution in [3.8, 4) is 0 Å². The molecule has 1 aromatic rings. The zero-order valence-corrected chi connectivity index (χ0v) is 13.2. The van der Waals surface area contributed by atoms with Crippen LogP contribution in [0.3, 0.4) is 0 Å². The highest BCUT2D eigenvalue weighted by Crippen LogP contribution is 2.31. The van der Waals surface area contributed by atoms with Gasteiger partial charge in [-0.3, -0.25) is 9.79 Å². The zero-order valence-electron chi connectivity index (χ0n) is 12.4. The number of hydrogen-bond acceptors (Lipinski definition) is 6. The van der Waals surface area contributed by atoms with Gasteiger partial charge < -0.3 is 21.3 Å². The molecule has 0 bridgehead atoms. The summed E-state index contributed by atoms with van der Waals surface area (Å²) in [4.78, 5) is 38.7. The van der Waals surface area contributed by atoms with Gasteiger partial charge in [0.05, 0.1) is 0 Å². The quantitative estimate of drug-likeness (QED) is 0.581. The van der Waals surface area contributed by atoms with E-state index < -0.39 is 36.0 Å². The molecule has 0 radical (unpaired) electrons. The van der Waals surface area contributed by atoms with E-state index in [1.165, 1.54) is 0 Å². The number of carbonyl (C=O) groups is 3. The number of amides is 1. The van der Waals surface area contributed by atoms with Crippen molar-refractivity contribution in [2.75, 3.05) is 0 Å². The van der Waals surface area contributed by atoms with Gasteiger partial charge in [0.15, 0.2) is 12.1 Å². The Kier molecular flexibility index (Phi) is 5.37. The molecule has 3 atom stereocenters. The molecule has 5 N–H and O–H groups in total. The van der Waals surface area contributed by atoms with Crippen LogP contribution in [0.1, 0.15) is 11.6 Å². The SMILES string of the molecule is C=C1SC(C(NC(=O)C(N)c2ccccc2)C(=O)O)=NC1C(=O)O. The van der Waals surface area contributed by atoms with Crippen molar-refractivity contribution in [1.29, 1.82) is 0 Å². The van der Waals surface area contributed by atoms with Crippen LogP contribution in [0, 0.1) is 0 Å². The molecule has 1 aromatic carbocycles. The summed E-state index contributed by atoms with van der Waals surface area (Å²) in [7, 11) is 0. The van der Waals surface area contributed by atoms with Gasteiger partial charge in [-0.05, 0) is 5.56 Å². The van der Waals surface area contributed by atoms with E-state index in [0.717, 1.165) is 11.8 Å². The lowest BCUT2D eigenvalue weighted by molar-refractivity contribution is -0.140. The second kappa shape index (κ2) is 7.28. The molecule has 24 heavy (non-hydrogen) atoms. The lowest BCUT2D eigenvalue weighted by Crippen LogP contribution is -2.48. The van der Waals surface area contributed by atoms with Gasteiger partial charge in [0, 0.05) is 4.91 Å². The molecule has 0 saturated carbocycles. The summed E-state index contributed by atoms with van der Waals surface area (Å²) in [5.74, 6) is -3.31. The van der Waals surface area contributed by atoms with Crippen molar-refractivity contribution in [3.63, 3.8) is 0 Å². The predicted molar refractivity (Wildman–Crippen MR) is 88.5 cm³/mol. The van der Waals surface area contributed by atoms with Crippen LogP contribution in [0.5, 0.6) is 0 Å². The third kappa shape index (κ3) is 3.81. The molecule has 1 amide bonds. The standard InChI is InChI=1S/C15H15N3O5S/c1-7-10(14(20)21)18-13(24-7)11(15(22)23)17-12(19)9(16)8-5-3-2-4-6-8/h2-6,9-11H,1,16H2,(H,17,19)(H,20,21)(H,22,23). The van der Waals surface area contributed by atoms with Gasteiger partial charge in [-0.1, -0.05) is 48.7 Å². The van der Waals surface area contributed by atoms with Crippen molar-refractivity contribution in [2.24, 2.45) is 10.7 Å². The fraction of sp³-hybridized carbons (Fsp3) is 0.200. The van der Waals surface area contributed by atoms with E-state index in [-0.39, 0.29) is 9.95 Å². The largest absolute Gasteiger partial charge is 0.479 e. The van der Waals surface area contributed by atoms with Crippen LogP contribution < -0.4 is 11.1 Å². The predicted octanol–water partition coefficient (Wildman–Crippen LogP) is 0.368. The molecular formula is C15H15N3O5S. The highest BCUT2D eigenvalue weighted by atomic mass is 32.2. The molecule has 0 spiro atoms. The first-order valence-corrected chi connectivity index (χ1v) is 7.63. The van der Waals surface area contributed by atoms with Crippen molar-refractivity contribution in [1.82, 2.24) is 5.32 Å². The number of aliphatic imine (C=N–C) groups is 1. The monoisotopic (exact) mass is 349 g/mol. The molecule has 1 heterocycles. The molecule has 3 unspecified atom stereocenters. The molecular weight excluding hydrogens is 334 g/mol. The molecule has 1 aliphatic rings. The number of benzene rings is 1. The first-order valence-electron chi connectivity index (χ1n) is 6.82. The lowest BCUT2D eigenvalue weighted by atomic mass is 10.1. The molecule has 1 aliphatic heterocycles. The summed E-state index contributed by atoms with van der Waals surface area (Å²) in [6.07, 6.45) is 0. The Bertz CT molecular complexity index is 719. The van der Waals surface area contributed by atoms with Gasteiger partial charge >= 0.3 is 11.9 Å². The Labute approximate surface area is 141 Å². The highest BCUT2D eigenvalue weighted by Gasteiger charge is 2.36. The number of carboxylic acids is 2. The van der Waals surface area contributed by atoms with E-state index in [1.54, 1.807) is 30.3 Å². The smallest absolute Gasteiger partial charge is 0.333 e. The van der Waals surface area contributed by atoms with Crippen molar-refractivity contribution >= 4 is 34.7 Å². The van der Waals surface area contributed by atoms with Crippen molar-refractivity contribution in [2.45, 2.75) is 18.1 Å². The Morgan fingerprint density at radius 3 is 2.38 bits per heavy atom. The van der Waals surface area contributed by atoms with Crippen molar-refractivity contribution < 1.29 is 24.6 Å². The molecule has 0 aliphatic carbocycles. The molecule has 9 heteroatoms. The van der Waals surface area contributed by atoms with Gasteiger partial charge in [0.1, 0.15) is 11.1 Å². The van der Waals surface area contributed by atoms with E-state index in [1.807, 2.05) is 0 Å². The fourth-order valence-corrected chi connectivity index (χ4v) is 2.98. The number of carbonyl (C=O) groups excluding carboxylic acids is 1. The van der Waals surface area contributed by atoms with Gasteiger partial charge in [0.2, 0.25) is 5.91 Å². The van der Waals surface area contributed by atoms with Gasteiger partial charge in [0.25, 0.3) is 0 Å². The summed E-state index contributed by atoms with van der Waals surface area (Å²) in [5.41, 5.74) is 6.35. The summed E-state index contributed by atoms with van der Waals surface area (Å²) in [5, 5.41) is 20.6. The summed E-state index contributed by atoms with van der Waals surface area (Å²) < 4.78 is 0. The number of nitrogens with two attached hydrogens (primary N) is 1. The topological polar surface area (TPSA) is 142 Å². The Morgan fingerprint density at radius 2 is 1.88 bits per heavy atom. The van der Waals surface area contributed by atoms with Crippen LogP contribution in [0.4, 0.5) is 0 Å². The fourth-order valence-electron chi connectivity index (χ4n) is 2.02. The van der Waals surface area contributed by atoms with Crippen LogP contribution in [-0.2, 0) is 14.4 Å². The number of nitrogens with zero attached hydrogens (tertiary/aromatic N) is 1. The Morgan fingerprint density at radius 1 is 1.25 bits per heavy atom. The second-order valence-electron chi connectivity index (χ2n) is 4.94. The summed E-state index contributed by atoms with van der Waals surface area (Å²) >= 11 is 0.826. The maximum atomic E-state index is 12.2. The number of rotatable bonds is 6. The first kappa shape index (κ1) is 17.7. The Balaban J connectivity index is 2.16.